The van der Waals surface area contributed by atoms with Crippen molar-refractivity contribution in [2.45, 2.75) is 12.6 Å². The molecule has 2 rings (SSSR count). The minimum Gasteiger partial charge on any atom is -0.447 e. The maximum Gasteiger partial charge on any atom is 0.416 e. The lowest BCUT2D eigenvalue weighted by Gasteiger charge is -2.07. The van der Waals surface area contributed by atoms with Crippen molar-refractivity contribution < 1.29 is 17.9 Å². The van der Waals surface area contributed by atoms with E-state index in [0.29, 0.717) is 17.2 Å². The lowest BCUT2D eigenvalue weighted by Crippen LogP contribution is -2.03. The van der Waals surface area contributed by atoms with Crippen LogP contribution in [0, 0.1) is 12.3 Å². The number of hydrogen-bond donors (Lipinski definition) is 0. The van der Waals surface area contributed by atoms with Crippen molar-refractivity contribution >= 4 is 11.3 Å². The van der Waals surface area contributed by atoms with E-state index in [9.17, 15) is 13.2 Å². The van der Waals surface area contributed by atoms with Crippen molar-refractivity contribution in [3.8, 4) is 23.2 Å². The standard InChI is InChI=1S/C14H9F3OS/c1-2-3-12-8-9-13(19-12)18-11-6-4-10(5-7-11)14(15,16)17/h1,4-9H,3H2. The van der Waals surface area contributed by atoms with Gasteiger partial charge in [0.15, 0.2) is 5.06 Å². The molecule has 0 radical (unpaired) electrons. The Hall–Kier alpha value is -1.93. The van der Waals surface area contributed by atoms with Gasteiger partial charge in [0.25, 0.3) is 0 Å². The fraction of sp³-hybridized carbons (Fsp3) is 0.143. The maximum absolute atomic E-state index is 12.4. The van der Waals surface area contributed by atoms with E-state index in [-0.39, 0.29) is 0 Å². The molecule has 98 valence electrons. The molecule has 0 fully saturated rings. The Balaban J connectivity index is 2.09. The van der Waals surface area contributed by atoms with Crippen LogP contribution in [0.4, 0.5) is 13.2 Å². The Morgan fingerprint density at radius 1 is 1.11 bits per heavy atom. The average Bonchev–Trinajstić information content (AvgIpc) is 2.77. The maximum atomic E-state index is 12.4. The molecule has 19 heavy (non-hydrogen) atoms. The van der Waals surface area contributed by atoms with Crippen molar-refractivity contribution in [3.63, 3.8) is 0 Å². The molecule has 0 atom stereocenters. The number of thiophene rings is 1. The molecule has 0 spiro atoms. The van der Waals surface area contributed by atoms with E-state index in [1.54, 1.807) is 6.07 Å². The number of benzene rings is 1. The average molecular weight is 282 g/mol. The summed E-state index contributed by atoms with van der Waals surface area (Å²) in [7, 11) is 0. The van der Waals surface area contributed by atoms with Crippen molar-refractivity contribution in [2.24, 2.45) is 0 Å². The van der Waals surface area contributed by atoms with E-state index in [0.717, 1.165) is 17.0 Å². The molecular weight excluding hydrogens is 273 g/mol. The largest absolute Gasteiger partial charge is 0.447 e. The third-order valence-electron chi connectivity index (χ3n) is 2.31. The van der Waals surface area contributed by atoms with Gasteiger partial charge in [0.1, 0.15) is 5.75 Å². The molecule has 1 nitrogen and oxygen atoms in total. The monoisotopic (exact) mass is 282 g/mol. The molecule has 5 heteroatoms. The normalized spacial score (nSPS) is 11.1. The highest BCUT2D eigenvalue weighted by Gasteiger charge is 2.30. The Morgan fingerprint density at radius 2 is 1.79 bits per heavy atom. The van der Waals surface area contributed by atoms with Gasteiger partial charge in [-0.25, -0.2) is 0 Å². The SMILES string of the molecule is C#CCc1ccc(Oc2ccc(C(F)(F)F)cc2)s1. The van der Waals surface area contributed by atoms with Crippen molar-refractivity contribution in [1.29, 1.82) is 0 Å². The molecule has 0 bridgehead atoms. The second kappa shape index (κ2) is 5.37. The molecule has 0 unspecified atom stereocenters. The van der Waals surface area contributed by atoms with E-state index >= 15 is 0 Å². The van der Waals surface area contributed by atoms with Crippen LogP contribution in [0.2, 0.25) is 0 Å². The van der Waals surface area contributed by atoms with Crippen LogP contribution in [0.15, 0.2) is 36.4 Å². The van der Waals surface area contributed by atoms with Crippen LogP contribution in [0.25, 0.3) is 0 Å². The summed E-state index contributed by atoms with van der Waals surface area (Å²) in [5.74, 6) is 2.88. The number of alkyl halides is 3. The molecule has 0 N–H and O–H groups in total. The van der Waals surface area contributed by atoms with Gasteiger partial charge in [-0.05, 0) is 36.4 Å². The first kappa shape index (κ1) is 13.5. The molecule has 1 aromatic heterocycles. The van der Waals surface area contributed by atoms with E-state index in [1.807, 2.05) is 6.07 Å². The van der Waals surface area contributed by atoms with Gasteiger partial charge in [0.2, 0.25) is 0 Å². The predicted molar refractivity (Wildman–Crippen MR) is 68.4 cm³/mol. The summed E-state index contributed by atoms with van der Waals surface area (Å²) in [6.45, 7) is 0. The van der Waals surface area contributed by atoms with Crippen molar-refractivity contribution in [2.75, 3.05) is 0 Å². The molecule has 0 aliphatic heterocycles. The van der Waals surface area contributed by atoms with Gasteiger partial charge < -0.3 is 4.74 Å². The van der Waals surface area contributed by atoms with Gasteiger partial charge in [-0.3, -0.25) is 0 Å². The van der Waals surface area contributed by atoms with Crippen LogP contribution in [0.1, 0.15) is 10.4 Å². The third-order valence-corrected chi connectivity index (χ3v) is 3.28. The minimum absolute atomic E-state index is 0.363. The Labute approximate surface area is 112 Å². The van der Waals surface area contributed by atoms with Crippen LogP contribution in [0.3, 0.4) is 0 Å². The molecule has 1 aromatic carbocycles. The third kappa shape index (κ3) is 3.52. The van der Waals surface area contributed by atoms with Gasteiger partial charge in [-0.15, -0.1) is 23.7 Å². The summed E-state index contributed by atoms with van der Waals surface area (Å²) >= 11 is 1.38. The Bertz CT molecular complexity index is 590. The second-order valence-corrected chi connectivity index (χ2v) is 4.86. The Kier molecular flexibility index (Phi) is 3.82. The topological polar surface area (TPSA) is 9.23 Å². The van der Waals surface area contributed by atoms with Crippen LogP contribution in [-0.2, 0) is 12.6 Å². The van der Waals surface area contributed by atoms with E-state index in [4.69, 9.17) is 11.2 Å². The summed E-state index contributed by atoms with van der Waals surface area (Å²) in [6.07, 6.45) is 1.37. The first-order valence-electron chi connectivity index (χ1n) is 5.36. The van der Waals surface area contributed by atoms with Gasteiger partial charge >= 0.3 is 6.18 Å². The summed E-state index contributed by atoms with van der Waals surface area (Å²) in [5.41, 5.74) is -0.695. The number of halogens is 3. The van der Waals surface area contributed by atoms with Crippen molar-refractivity contribution in [1.82, 2.24) is 0 Å². The highest BCUT2D eigenvalue weighted by Crippen LogP contribution is 2.33. The summed E-state index contributed by atoms with van der Waals surface area (Å²) in [5, 5.41) is 0.602. The first-order valence-corrected chi connectivity index (χ1v) is 6.18. The lowest BCUT2D eigenvalue weighted by atomic mass is 10.2. The minimum atomic E-state index is -4.33. The van der Waals surface area contributed by atoms with Crippen LogP contribution in [-0.4, -0.2) is 0 Å². The van der Waals surface area contributed by atoms with E-state index in [2.05, 4.69) is 5.92 Å². The number of terminal acetylenes is 1. The number of rotatable bonds is 3. The van der Waals surface area contributed by atoms with Crippen LogP contribution in [0.5, 0.6) is 10.8 Å². The van der Waals surface area contributed by atoms with Crippen LogP contribution >= 0.6 is 11.3 Å². The van der Waals surface area contributed by atoms with Gasteiger partial charge in [0, 0.05) is 11.3 Å². The molecule has 0 aliphatic rings. The summed E-state index contributed by atoms with van der Waals surface area (Å²) in [6, 6.07) is 8.16. The van der Waals surface area contributed by atoms with Gasteiger partial charge in [-0.1, -0.05) is 0 Å². The fourth-order valence-corrected chi connectivity index (χ4v) is 2.26. The quantitative estimate of drug-likeness (QED) is 0.739. The smallest absolute Gasteiger partial charge is 0.416 e. The van der Waals surface area contributed by atoms with Crippen molar-refractivity contribution in [3.05, 3.63) is 46.8 Å². The zero-order valence-corrected chi connectivity index (χ0v) is 10.5. The number of hydrogen-bond acceptors (Lipinski definition) is 2. The van der Waals surface area contributed by atoms with Crippen LogP contribution < -0.4 is 4.74 Å². The molecule has 0 amide bonds. The fourth-order valence-electron chi connectivity index (χ4n) is 1.44. The highest BCUT2D eigenvalue weighted by atomic mass is 32.1. The van der Waals surface area contributed by atoms with Gasteiger partial charge in [0.05, 0.1) is 5.56 Å². The summed E-state index contributed by atoms with van der Waals surface area (Å²) in [4.78, 5) is 0.976. The van der Waals surface area contributed by atoms with E-state index < -0.39 is 11.7 Å². The highest BCUT2D eigenvalue weighted by molar-refractivity contribution is 7.13. The second-order valence-electron chi connectivity index (χ2n) is 3.73. The number of ether oxygens (including phenoxy) is 1. The molecule has 1 heterocycles. The lowest BCUT2D eigenvalue weighted by molar-refractivity contribution is -0.137. The van der Waals surface area contributed by atoms with E-state index in [1.165, 1.54) is 23.5 Å². The first-order chi connectivity index (χ1) is 8.99. The Morgan fingerprint density at radius 3 is 2.37 bits per heavy atom. The zero-order chi connectivity index (χ0) is 13.9. The molecular formula is C14H9F3OS. The zero-order valence-electron chi connectivity index (χ0n) is 9.70. The summed E-state index contributed by atoms with van der Waals surface area (Å²) < 4.78 is 42.6. The molecule has 0 aliphatic carbocycles. The molecule has 2 aromatic rings. The molecule has 0 saturated heterocycles. The van der Waals surface area contributed by atoms with Gasteiger partial charge in [-0.2, -0.15) is 13.2 Å². The molecule has 0 saturated carbocycles. The predicted octanol–water partition coefficient (Wildman–Crippen LogP) is 4.73.